The Morgan fingerprint density at radius 3 is 2.95 bits per heavy atom. The fourth-order valence-electron chi connectivity index (χ4n) is 2.75. The maximum Gasteiger partial charge on any atom is 0.123 e. The average Bonchev–Trinajstić information content (AvgIpc) is 2.76. The number of likely N-dealkylation sites (tertiary alicyclic amines) is 1. The summed E-state index contributed by atoms with van der Waals surface area (Å²) in [6, 6.07) is 7.06. The highest BCUT2D eigenvalue weighted by Crippen LogP contribution is 2.22. The van der Waals surface area contributed by atoms with Crippen LogP contribution in [0, 0.1) is 17.1 Å². The molecule has 0 bridgehead atoms. The van der Waals surface area contributed by atoms with Gasteiger partial charge in [-0.25, -0.2) is 4.39 Å². The zero-order valence-corrected chi connectivity index (χ0v) is 11.6. The number of likely N-dealkylation sites (N-methyl/N-ethyl adjacent to an activating group) is 1. The highest BCUT2D eigenvalue weighted by molar-refractivity contribution is 5.37. The Morgan fingerprint density at radius 1 is 1.47 bits per heavy atom. The fraction of sp³-hybridized carbons (Fsp3) is 0.533. The number of halogens is 1. The predicted molar refractivity (Wildman–Crippen MR) is 73.1 cm³/mol. The van der Waals surface area contributed by atoms with E-state index in [1.807, 2.05) is 0 Å². The molecule has 1 aromatic rings. The molecule has 0 aliphatic carbocycles. The van der Waals surface area contributed by atoms with Crippen LogP contribution >= 0.6 is 0 Å². The van der Waals surface area contributed by atoms with Crippen LogP contribution in [0.25, 0.3) is 0 Å². The van der Waals surface area contributed by atoms with Gasteiger partial charge in [-0.05, 0) is 57.2 Å². The monoisotopic (exact) mass is 261 g/mol. The zero-order valence-electron chi connectivity index (χ0n) is 11.6. The molecule has 0 saturated carbocycles. The summed E-state index contributed by atoms with van der Waals surface area (Å²) in [6.07, 6.45) is 2.35. The van der Waals surface area contributed by atoms with Crippen LogP contribution in [0.5, 0.6) is 0 Å². The second-order valence-electron chi connectivity index (χ2n) is 5.44. The molecule has 1 aromatic carbocycles. The molecule has 3 nitrogen and oxygen atoms in total. The van der Waals surface area contributed by atoms with E-state index in [0.29, 0.717) is 18.2 Å². The summed E-state index contributed by atoms with van der Waals surface area (Å²) in [5.74, 6) is -0.266. The van der Waals surface area contributed by atoms with E-state index in [2.05, 4.69) is 30.0 Å². The summed E-state index contributed by atoms with van der Waals surface area (Å²) in [5, 5.41) is 9.10. The smallest absolute Gasteiger partial charge is 0.123 e. The van der Waals surface area contributed by atoms with Crippen molar-refractivity contribution < 1.29 is 4.39 Å². The van der Waals surface area contributed by atoms with E-state index < -0.39 is 0 Å². The molecule has 0 aromatic heterocycles. The number of benzene rings is 1. The van der Waals surface area contributed by atoms with Gasteiger partial charge >= 0.3 is 0 Å². The lowest BCUT2D eigenvalue weighted by atomic mass is 10.1. The van der Waals surface area contributed by atoms with Gasteiger partial charge in [0.2, 0.25) is 0 Å². The van der Waals surface area contributed by atoms with E-state index in [1.54, 1.807) is 6.07 Å². The molecule has 1 fully saturated rings. The van der Waals surface area contributed by atoms with Crippen LogP contribution in [0.2, 0.25) is 0 Å². The molecule has 0 amide bonds. The molecular formula is C15H20FN3. The molecule has 0 spiro atoms. The van der Waals surface area contributed by atoms with Crippen LogP contribution in [-0.2, 0) is 6.54 Å². The third-order valence-corrected chi connectivity index (χ3v) is 3.64. The van der Waals surface area contributed by atoms with Gasteiger partial charge in [0.15, 0.2) is 0 Å². The van der Waals surface area contributed by atoms with Gasteiger partial charge in [0.25, 0.3) is 0 Å². The maximum absolute atomic E-state index is 13.3. The van der Waals surface area contributed by atoms with Gasteiger partial charge in [-0.1, -0.05) is 0 Å². The van der Waals surface area contributed by atoms with Gasteiger partial charge < -0.3 is 4.90 Å². The van der Waals surface area contributed by atoms with Crippen molar-refractivity contribution in [1.82, 2.24) is 9.80 Å². The summed E-state index contributed by atoms with van der Waals surface area (Å²) in [6.45, 7) is 2.70. The number of hydrogen-bond donors (Lipinski definition) is 0. The summed E-state index contributed by atoms with van der Waals surface area (Å²) >= 11 is 0. The second kappa shape index (κ2) is 6.14. The highest BCUT2D eigenvalue weighted by atomic mass is 19.1. The quantitative estimate of drug-likeness (QED) is 0.832. The SMILES string of the molecule is CN(C)CC1CCCN1Cc1cc(F)ccc1C#N. The van der Waals surface area contributed by atoms with Gasteiger partial charge in [-0.3, -0.25) is 4.90 Å². The Hall–Kier alpha value is -1.44. The number of nitrogens with zero attached hydrogens (tertiary/aromatic N) is 3. The van der Waals surface area contributed by atoms with Gasteiger partial charge in [0, 0.05) is 19.1 Å². The Bertz CT molecular complexity index is 479. The lowest BCUT2D eigenvalue weighted by Crippen LogP contribution is -2.37. The lowest BCUT2D eigenvalue weighted by molar-refractivity contribution is 0.200. The van der Waals surface area contributed by atoms with Crippen molar-refractivity contribution in [2.24, 2.45) is 0 Å². The second-order valence-corrected chi connectivity index (χ2v) is 5.44. The van der Waals surface area contributed by atoms with Crippen molar-refractivity contribution in [1.29, 1.82) is 5.26 Å². The molecule has 19 heavy (non-hydrogen) atoms. The molecular weight excluding hydrogens is 241 g/mol. The first kappa shape index (κ1) is 14.0. The summed E-state index contributed by atoms with van der Waals surface area (Å²) in [5.41, 5.74) is 1.38. The van der Waals surface area contributed by atoms with E-state index in [4.69, 9.17) is 5.26 Å². The van der Waals surface area contributed by atoms with Gasteiger partial charge in [-0.15, -0.1) is 0 Å². The van der Waals surface area contributed by atoms with Crippen LogP contribution in [-0.4, -0.2) is 43.0 Å². The van der Waals surface area contributed by atoms with Gasteiger partial charge in [0.05, 0.1) is 11.6 Å². The molecule has 1 unspecified atom stereocenters. The van der Waals surface area contributed by atoms with Gasteiger partial charge in [0.1, 0.15) is 5.82 Å². The van der Waals surface area contributed by atoms with E-state index in [9.17, 15) is 4.39 Å². The third kappa shape index (κ3) is 3.52. The number of hydrogen-bond acceptors (Lipinski definition) is 3. The highest BCUT2D eigenvalue weighted by Gasteiger charge is 2.25. The molecule has 1 heterocycles. The molecule has 1 aliphatic rings. The van der Waals surface area contributed by atoms with Crippen molar-refractivity contribution in [2.45, 2.75) is 25.4 Å². The first-order valence-corrected chi connectivity index (χ1v) is 6.67. The van der Waals surface area contributed by atoms with Crippen molar-refractivity contribution in [2.75, 3.05) is 27.2 Å². The van der Waals surface area contributed by atoms with Crippen molar-refractivity contribution >= 4 is 0 Å². The van der Waals surface area contributed by atoms with Crippen LogP contribution in [0.15, 0.2) is 18.2 Å². The molecule has 0 radical (unpaired) electrons. The Labute approximate surface area is 114 Å². The molecule has 2 rings (SSSR count). The molecule has 0 N–H and O–H groups in total. The van der Waals surface area contributed by atoms with Crippen molar-refractivity contribution in [3.8, 4) is 6.07 Å². The summed E-state index contributed by atoms with van der Waals surface area (Å²) < 4.78 is 13.3. The number of rotatable bonds is 4. The molecule has 1 aliphatic heterocycles. The van der Waals surface area contributed by atoms with Crippen molar-refractivity contribution in [3.63, 3.8) is 0 Å². The standard InChI is InChI=1S/C15H20FN3/c1-18(2)11-15-4-3-7-19(15)10-13-8-14(16)6-5-12(13)9-17/h5-6,8,15H,3-4,7,10-11H2,1-2H3. The van der Waals surface area contributed by atoms with E-state index in [0.717, 1.165) is 18.7 Å². The van der Waals surface area contributed by atoms with Crippen molar-refractivity contribution in [3.05, 3.63) is 35.1 Å². The Kier molecular flexibility index (Phi) is 4.52. The molecule has 4 heteroatoms. The minimum atomic E-state index is -0.266. The Balaban J connectivity index is 2.12. The largest absolute Gasteiger partial charge is 0.308 e. The first-order valence-electron chi connectivity index (χ1n) is 6.67. The zero-order chi connectivity index (χ0) is 13.8. The summed E-state index contributed by atoms with van der Waals surface area (Å²) in [7, 11) is 4.14. The summed E-state index contributed by atoms with van der Waals surface area (Å²) in [4.78, 5) is 4.54. The van der Waals surface area contributed by atoms with Crippen LogP contribution in [0.1, 0.15) is 24.0 Å². The van der Waals surface area contributed by atoms with Crippen LogP contribution in [0.4, 0.5) is 4.39 Å². The molecule has 1 atom stereocenters. The van der Waals surface area contributed by atoms with Crippen LogP contribution < -0.4 is 0 Å². The molecule has 1 saturated heterocycles. The maximum atomic E-state index is 13.3. The molecule has 102 valence electrons. The minimum absolute atomic E-state index is 0.266. The average molecular weight is 261 g/mol. The third-order valence-electron chi connectivity index (χ3n) is 3.64. The fourth-order valence-corrected chi connectivity index (χ4v) is 2.75. The van der Waals surface area contributed by atoms with E-state index in [1.165, 1.54) is 25.0 Å². The first-order chi connectivity index (χ1) is 9.10. The number of nitriles is 1. The Morgan fingerprint density at radius 2 is 2.26 bits per heavy atom. The topological polar surface area (TPSA) is 30.3 Å². The minimum Gasteiger partial charge on any atom is -0.308 e. The van der Waals surface area contributed by atoms with E-state index in [-0.39, 0.29) is 5.82 Å². The van der Waals surface area contributed by atoms with Gasteiger partial charge in [-0.2, -0.15) is 5.26 Å². The predicted octanol–water partition coefficient (Wildman–Crippen LogP) is 2.22. The normalized spacial score (nSPS) is 19.8. The van der Waals surface area contributed by atoms with Crippen LogP contribution in [0.3, 0.4) is 0 Å². The lowest BCUT2D eigenvalue weighted by Gasteiger charge is -2.27. The van der Waals surface area contributed by atoms with E-state index >= 15 is 0 Å².